The molecule has 0 bridgehead atoms. The van der Waals surface area contributed by atoms with Crippen molar-refractivity contribution in [3.8, 4) is 16.9 Å². The van der Waals surface area contributed by atoms with Crippen LogP contribution in [0.3, 0.4) is 0 Å². The van der Waals surface area contributed by atoms with Gasteiger partial charge in [-0.15, -0.1) is 0 Å². The van der Waals surface area contributed by atoms with Crippen LogP contribution in [0.2, 0.25) is 0 Å². The fourth-order valence-electron chi connectivity index (χ4n) is 1.96. The summed E-state index contributed by atoms with van der Waals surface area (Å²) in [6.07, 6.45) is 7.06. The van der Waals surface area contributed by atoms with E-state index in [-0.39, 0.29) is 5.75 Å². The summed E-state index contributed by atoms with van der Waals surface area (Å²) in [4.78, 5) is 8.24. The van der Waals surface area contributed by atoms with Crippen LogP contribution in [0.15, 0.2) is 67.3 Å². The fraction of sp³-hybridized carbons (Fsp3) is 0. The van der Waals surface area contributed by atoms with Crippen molar-refractivity contribution in [1.82, 2.24) is 9.97 Å². The minimum atomic E-state index is 0.230. The zero-order valence-corrected chi connectivity index (χ0v) is 10.7. The molecule has 0 aliphatic carbocycles. The van der Waals surface area contributed by atoms with Crippen LogP contribution >= 0.6 is 0 Å². The Morgan fingerprint density at radius 3 is 2.45 bits per heavy atom. The van der Waals surface area contributed by atoms with Gasteiger partial charge < -0.3 is 10.4 Å². The van der Waals surface area contributed by atoms with Gasteiger partial charge in [0.15, 0.2) is 0 Å². The van der Waals surface area contributed by atoms with Crippen LogP contribution in [0.4, 0.5) is 11.4 Å². The van der Waals surface area contributed by atoms with Crippen molar-refractivity contribution in [2.75, 3.05) is 5.32 Å². The molecule has 20 heavy (non-hydrogen) atoms. The first-order chi connectivity index (χ1) is 9.81. The number of aromatic hydroxyl groups is 1. The lowest BCUT2D eigenvalue weighted by Gasteiger charge is -2.08. The third kappa shape index (κ3) is 2.75. The molecule has 2 heterocycles. The molecule has 0 aliphatic heterocycles. The first-order valence-electron chi connectivity index (χ1n) is 6.23. The van der Waals surface area contributed by atoms with Gasteiger partial charge in [0.25, 0.3) is 0 Å². The molecule has 0 aliphatic rings. The summed E-state index contributed by atoms with van der Waals surface area (Å²) >= 11 is 0. The Balaban J connectivity index is 1.88. The lowest BCUT2D eigenvalue weighted by Crippen LogP contribution is -1.91. The highest BCUT2D eigenvalue weighted by Crippen LogP contribution is 2.24. The molecule has 1 aromatic carbocycles. The van der Waals surface area contributed by atoms with Gasteiger partial charge in [-0.05, 0) is 35.9 Å². The van der Waals surface area contributed by atoms with Crippen molar-refractivity contribution in [1.29, 1.82) is 0 Å². The molecule has 0 spiro atoms. The number of aromatic nitrogens is 2. The molecule has 0 radical (unpaired) electrons. The van der Waals surface area contributed by atoms with E-state index in [1.54, 1.807) is 36.8 Å². The first-order valence-corrected chi connectivity index (χ1v) is 6.23. The number of nitrogens with one attached hydrogen (secondary N) is 1. The van der Waals surface area contributed by atoms with E-state index in [0.717, 1.165) is 22.5 Å². The van der Waals surface area contributed by atoms with E-state index in [2.05, 4.69) is 15.3 Å². The molecule has 0 saturated carbocycles. The second-order valence-electron chi connectivity index (χ2n) is 4.37. The second-order valence-corrected chi connectivity index (χ2v) is 4.37. The van der Waals surface area contributed by atoms with Crippen molar-refractivity contribution in [2.45, 2.75) is 0 Å². The monoisotopic (exact) mass is 263 g/mol. The van der Waals surface area contributed by atoms with Crippen LogP contribution in [-0.2, 0) is 0 Å². The SMILES string of the molecule is Oc1cccc(Nc2cncc(-c3ccncc3)c2)c1. The van der Waals surface area contributed by atoms with E-state index in [1.165, 1.54) is 0 Å². The lowest BCUT2D eigenvalue weighted by molar-refractivity contribution is 0.475. The molecule has 4 heteroatoms. The molecule has 0 fully saturated rings. The van der Waals surface area contributed by atoms with E-state index >= 15 is 0 Å². The van der Waals surface area contributed by atoms with E-state index in [9.17, 15) is 5.11 Å². The summed E-state index contributed by atoms with van der Waals surface area (Å²) in [5, 5.41) is 12.7. The van der Waals surface area contributed by atoms with Crippen LogP contribution in [0.1, 0.15) is 0 Å². The van der Waals surface area contributed by atoms with Gasteiger partial charge in [0.2, 0.25) is 0 Å². The van der Waals surface area contributed by atoms with Crippen LogP contribution in [-0.4, -0.2) is 15.1 Å². The Morgan fingerprint density at radius 1 is 0.800 bits per heavy atom. The number of hydrogen-bond acceptors (Lipinski definition) is 4. The average molecular weight is 263 g/mol. The van der Waals surface area contributed by atoms with Crippen molar-refractivity contribution >= 4 is 11.4 Å². The smallest absolute Gasteiger partial charge is 0.117 e. The van der Waals surface area contributed by atoms with E-state index in [1.807, 2.05) is 30.5 Å². The van der Waals surface area contributed by atoms with Crippen molar-refractivity contribution in [3.63, 3.8) is 0 Å². The average Bonchev–Trinajstić information content (AvgIpc) is 2.48. The largest absolute Gasteiger partial charge is 0.508 e. The Labute approximate surface area is 116 Å². The predicted octanol–water partition coefficient (Wildman–Crippen LogP) is 3.59. The number of phenolic OH excluding ortho intramolecular Hbond substituents is 1. The van der Waals surface area contributed by atoms with Crippen molar-refractivity contribution in [3.05, 3.63) is 67.3 Å². The minimum Gasteiger partial charge on any atom is -0.508 e. The standard InChI is InChI=1S/C16H13N3O/c20-16-3-1-2-14(9-16)19-15-8-13(10-18-11-15)12-4-6-17-7-5-12/h1-11,19-20H. The van der Waals surface area contributed by atoms with E-state index in [0.29, 0.717) is 0 Å². The van der Waals surface area contributed by atoms with Gasteiger partial charge in [-0.25, -0.2) is 0 Å². The van der Waals surface area contributed by atoms with Crippen LogP contribution in [0.5, 0.6) is 5.75 Å². The topological polar surface area (TPSA) is 58.0 Å². The third-order valence-corrected chi connectivity index (χ3v) is 2.89. The first kappa shape index (κ1) is 12.2. The Kier molecular flexibility index (Phi) is 3.29. The number of nitrogens with zero attached hydrogens (tertiary/aromatic N) is 2. The Hall–Kier alpha value is -2.88. The van der Waals surface area contributed by atoms with Crippen molar-refractivity contribution < 1.29 is 5.11 Å². The summed E-state index contributed by atoms with van der Waals surface area (Å²) in [5.41, 5.74) is 3.76. The van der Waals surface area contributed by atoms with E-state index in [4.69, 9.17) is 0 Å². The number of benzene rings is 1. The molecule has 98 valence electrons. The third-order valence-electron chi connectivity index (χ3n) is 2.89. The molecule has 2 N–H and O–H groups in total. The maximum atomic E-state index is 9.46. The molecule has 0 amide bonds. The predicted molar refractivity (Wildman–Crippen MR) is 78.9 cm³/mol. The van der Waals surface area contributed by atoms with Crippen molar-refractivity contribution in [2.24, 2.45) is 0 Å². The molecule has 0 atom stereocenters. The number of anilines is 2. The summed E-state index contributed by atoms with van der Waals surface area (Å²) in [7, 11) is 0. The highest BCUT2D eigenvalue weighted by Gasteiger charge is 2.01. The quantitative estimate of drug-likeness (QED) is 0.758. The van der Waals surface area contributed by atoms with Gasteiger partial charge in [0, 0.05) is 35.9 Å². The normalized spacial score (nSPS) is 10.2. The molecule has 2 aromatic heterocycles. The van der Waals surface area contributed by atoms with Gasteiger partial charge in [-0.2, -0.15) is 0 Å². The minimum absolute atomic E-state index is 0.230. The molecule has 3 aromatic rings. The Morgan fingerprint density at radius 2 is 1.65 bits per heavy atom. The zero-order chi connectivity index (χ0) is 13.8. The summed E-state index contributed by atoms with van der Waals surface area (Å²) in [6, 6.07) is 12.9. The second kappa shape index (κ2) is 5.40. The summed E-state index contributed by atoms with van der Waals surface area (Å²) < 4.78 is 0. The summed E-state index contributed by atoms with van der Waals surface area (Å²) in [5.74, 6) is 0.230. The number of hydrogen-bond donors (Lipinski definition) is 2. The highest BCUT2D eigenvalue weighted by molar-refractivity contribution is 5.69. The number of rotatable bonds is 3. The van der Waals surface area contributed by atoms with Gasteiger partial charge in [0.05, 0.1) is 11.9 Å². The number of phenols is 1. The molecule has 3 rings (SSSR count). The van der Waals surface area contributed by atoms with Crippen LogP contribution in [0, 0.1) is 0 Å². The maximum absolute atomic E-state index is 9.46. The molecule has 0 unspecified atom stereocenters. The molecular formula is C16H13N3O. The summed E-state index contributed by atoms with van der Waals surface area (Å²) in [6.45, 7) is 0. The van der Waals surface area contributed by atoms with Gasteiger partial charge in [0.1, 0.15) is 5.75 Å². The van der Waals surface area contributed by atoms with E-state index < -0.39 is 0 Å². The van der Waals surface area contributed by atoms with Crippen LogP contribution < -0.4 is 5.32 Å². The van der Waals surface area contributed by atoms with Gasteiger partial charge in [-0.3, -0.25) is 9.97 Å². The highest BCUT2D eigenvalue weighted by atomic mass is 16.3. The van der Waals surface area contributed by atoms with Crippen LogP contribution in [0.25, 0.3) is 11.1 Å². The lowest BCUT2D eigenvalue weighted by atomic mass is 10.1. The maximum Gasteiger partial charge on any atom is 0.117 e. The van der Waals surface area contributed by atoms with Gasteiger partial charge >= 0.3 is 0 Å². The Bertz CT molecular complexity index is 714. The number of pyridine rings is 2. The molecular weight excluding hydrogens is 250 g/mol. The molecule has 0 saturated heterocycles. The zero-order valence-electron chi connectivity index (χ0n) is 10.7. The fourth-order valence-corrected chi connectivity index (χ4v) is 1.96. The molecule has 4 nitrogen and oxygen atoms in total. The van der Waals surface area contributed by atoms with Gasteiger partial charge in [-0.1, -0.05) is 6.07 Å².